The first kappa shape index (κ1) is 8.87. The number of esters is 1. The lowest BCUT2D eigenvalue weighted by molar-refractivity contribution is -0.142. The van der Waals surface area contributed by atoms with E-state index in [-0.39, 0.29) is 11.9 Å². The summed E-state index contributed by atoms with van der Waals surface area (Å²) in [6.45, 7) is 0.339. The predicted molar refractivity (Wildman–Crippen MR) is 51.1 cm³/mol. The molecule has 4 heteroatoms. The van der Waals surface area contributed by atoms with Gasteiger partial charge in [-0.25, -0.2) is 0 Å². The minimum atomic E-state index is -0.335. The number of fused-ring (bicyclic) bond motifs is 1. The van der Waals surface area contributed by atoms with Gasteiger partial charge in [-0.05, 0) is 18.2 Å². The van der Waals surface area contributed by atoms with Crippen molar-refractivity contribution in [2.45, 2.75) is 5.92 Å². The molecule has 4 nitrogen and oxygen atoms in total. The van der Waals surface area contributed by atoms with Gasteiger partial charge >= 0.3 is 5.97 Å². The third-order valence-corrected chi connectivity index (χ3v) is 2.30. The van der Waals surface area contributed by atoms with E-state index in [1.54, 1.807) is 18.2 Å². The predicted octanol–water partition coefficient (Wildman–Crippen LogP) is 0.918. The second-order valence-corrected chi connectivity index (χ2v) is 3.18. The fourth-order valence-electron chi connectivity index (χ4n) is 1.57. The number of rotatable bonds is 1. The number of carbonyl (C=O) groups is 1. The minimum absolute atomic E-state index is 0.283. The van der Waals surface area contributed by atoms with Crippen LogP contribution < -0.4 is 10.5 Å². The minimum Gasteiger partial charge on any atom is -0.492 e. The molecule has 0 saturated carbocycles. The number of hydrogen-bond donors (Lipinski definition) is 1. The molecule has 1 heterocycles. The van der Waals surface area contributed by atoms with Crippen LogP contribution in [0, 0.1) is 0 Å². The Hall–Kier alpha value is -1.71. The highest BCUT2D eigenvalue weighted by atomic mass is 16.5. The molecule has 14 heavy (non-hydrogen) atoms. The molecule has 1 aliphatic rings. The van der Waals surface area contributed by atoms with Crippen molar-refractivity contribution in [3.8, 4) is 5.75 Å². The van der Waals surface area contributed by atoms with E-state index in [0.29, 0.717) is 12.3 Å². The van der Waals surface area contributed by atoms with Crippen molar-refractivity contribution in [3.05, 3.63) is 23.8 Å². The fraction of sp³-hybridized carbons (Fsp3) is 0.300. The molecular weight excluding hydrogens is 182 g/mol. The first-order valence-corrected chi connectivity index (χ1v) is 4.32. The lowest BCUT2D eigenvalue weighted by Gasteiger charge is -2.05. The zero-order chi connectivity index (χ0) is 10.1. The molecule has 0 saturated heterocycles. The summed E-state index contributed by atoms with van der Waals surface area (Å²) in [6, 6.07) is 5.27. The van der Waals surface area contributed by atoms with Crippen LogP contribution in [0.25, 0.3) is 0 Å². The van der Waals surface area contributed by atoms with Crippen molar-refractivity contribution >= 4 is 11.7 Å². The van der Waals surface area contributed by atoms with Crippen molar-refractivity contribution in [2.75, 3.05) is 19.5 Å². The van der Waals surface area contributed by atoms with Crippen LogP contribution in [0.1, 0.15) is 11.5 Å². The Morgan fingerprint density at radius 3 is 3.14 bits per heavy atom. The van der Waals surface area contributed by atoms with Gasteiger partial charge in [-0.15, -0.1) is 0 Å². The van der Waals surface area contributed by atoms with Gasteiger partial charge in [-0.1, -0.05) is 0 Å². The van der Waals surface area contributed by atoms with Crippen molar-refractivity contribution in [3.63, 3.8) is 0 Å². The molecule has 0 aliphatic carbocycles. The molecule has 0 aromatic heterocycles. The van der Waals surface area contributed by atoms with Gasteiger partial charge in [-0.2, -0.15) is 0 Å². The van der Waals surface area contributed by atoms with E-state index >= 15 is 0 Å². The number of carbonyl (C=O) groups excluding carboxylic acids is 1. The molecule has 0 amide bonds. The fourth-order valence-corrected chi connectivity index (χ4v) is 1.57. The van der Waals surface area contributed by atoms with Gasteiger partial charge in [-0.3, -0.25) is 4.79 Å². The summed E-state index contributed by atoms with van der Waals surface area (Å²) in [6.07, 6.45) is 0. The Morgan fingerprint density at radius 2 is 2.43 bits per heavy atom. The maximum absolute atomic E-state index is 11.3. The summed E-state index contributed by atoms with van der Waals surface area (Å²) in [5.41, 5.74) is 7.07. The van der Waals surface area contributed by atoms with Crippen molar-refractivity contribution in [1.29, 1.82) is 0 Å². The van der Waals surface area contributed by atoms with Gasteiger partial charge in [0, 0.05) is 11.3 Å². The van der Waals surface area contributed by atoms with Crippen LogP contribution in [0.3, 0.4) is 0 Å². The van der Waals surface area contributed by atoms with E-state index in [2.05, 4.69) is 4.74 Å². The van der Waals surface area contributed by atoms with Crippen LogP contribution >= 0.6 is 0 Å². The highest BCUT2D eigenvalue weighted by Crippen LogP contribution is 2.35. The summed E-state index contributed by atoms with van der Waals surface area (Å²) in [5.74, 6) is 0.0995. The zero-order valence-electron chi connectivity index (χ0n) is 7.82. The maximum atomic E-state index is 11.3. The first-order chi connectivity index (χ1) is 6.72. The standard InChI is InChI=1S/C10H11NO3/c1-13-10(12)8-5-14-9-3-2-6(11)4-7(8)9/h2-4,8H,5,11H2,1H3. The summed E-state index contributed by atoms with van der Waals surface area (Å²) < 4.78 is 10.0. The lowest BCUT2D eigenvalue weighted by Crippen LogP contribution is -2.15. The quantitative estimate of drug-likeness (QED) is 0.532. The van der Waals surface area contributed by atoms with Crippen LogP contribution in [-0.4, -0.2) is 19.7 Å². The van der Waals surface area contributed by atoms with E-state index in [4.69, 9.17) is 10.5 Å². The van der Waals surface area contributed by atoms with Crippen LogP contribution in [0.5, 0.6) is 5.75 Å². The van der Waals surface area contributed by atoms with Gasteiger partial charge in [0.2, 0.25) is 0 Å². The average Bonchev–Trinajstić information content (AvgIpc) is 2.59. The van der Waals surface area contributed by atoms with E-state index in [0.717, 1.165) is 11.3 Å². The summed E-state index contributed by atoms with van der Waals surface area (Å²) >= 11 is 0. The molecule has 2 rings (SSSR count). The Morgan fingerprint density at radius 1 is 1.64 bits per heavy atom. The van der Waals surface area contributed by atoms with E-state index in [9.17, 15) is 4.79 Å². The number of ether oxygens (including phenoxy) is 2. The van der Waals surface area contributed by atoms with Gasteiger partial charge < -0.3 is 15.2 Å². The van der Waals surface area contributed by atoms with Crippen LogP contribution in [0.4, 0.5) is 5.69 Å². The van der Waals surface area contributed by atoms with Gasteiger partial charge in [0.15, 0.2) is 0 Å². The SMILES string of the molecule is COC(=O)C1COc2ccc(N)cc21. The highest BCUT2D eigenvalue weighted by molar-refractivity contribution is 5.81. The molecule has 1 aliphatic heterocycles. The first-order valence-electron chi connectivity index (χ1n) is 4.32. The Kier molecular flexibility index (Phi) is 2.04. The number of anilines is 1. The van der Waals surface area contributed by atoms with Crippen LogP contribution in [0.15, 0.2) is 18.2 Å². The lowest BCUT2D eigenvalue weighted by atomic mass is 10.0. The molecule has 0 bridgehead atoms. The van der Waals surface area contributed by atoms with Gasteiger partial charge in [0.1, 0.15) is 18.3 Å². The number of nitrogen functional groups attached to an aromatic ring is 1. The van der Waals surface area contributed by atoms with Gasteiger partial charge in [0.25, 0.3) is 0 Å². The van der Waals surface area contributed by atoms with Crippen LogP contribution in [0.2, 0.25) is 0 Å². The second-order valence-electron chi connectivity index (χ2n) is 3.18. The smallest absolute Gasteiger partial charge is 0.316 e. The van der Waals surface area contributed by atoms with Crippen molar-refractivity contribution in [1.82, 2.24) is 0 Å². The summed E-state index contributed by atoms with van der Waals surface area (Å²) in [7, 11) is 1.37. The molecular formula is C10H11NO3. The summed E-state index contributed by atoms with van der Waals surface area (Å²) in [4.78, 5) is 11.3. The Bertz CT molecular complexity index is 376. The van der Waals surface area contributed by atoms with Crippen molar-refractivity contribution < 1.29 is 14.3 Å². The molecule has 0 fully saturated rings. The number of hydrogen-bond acceptors (Lipinski definition) is 4. The van der Waals surface area contributed by atoms with E-state index < -0.39 is 0 Å². The molecule has 2 N–H and O–H groups in total. The normalized spacial score (nSPS) is 18.5. The molecule has 1 aromatic rings. The average molecular weight is 193 g/mol. The Balaban J connectivity index is 2.38. The van der Waals surface area contributed by atoms with Gasteiger partial charge in [0.05, 0.1) is 7.11 Å². The third kappa shape index (κ3) is 1.28. The topological polar surface area (TPSA) is 61.5 Å². The largest absolute Gasteiger partial charge is 0.492 e. The highest BCUT2D eigenvalue weighted by Gasteiger charge is 2.31. The summed E-state index contributed by atoms with van der Waals surface area (Å²) in [5, 5.41) is 0. The number of nitrogens with two attached hydrogens (primary N) is 1. The zero-order valence-corrected chi connectivity index (χ0v) is 7.82. The van der Waals surface area contributed by atoms with Crippen molar-refractivity contribution in [2.24, 2.45) is 0 Å². The number of benzene rings is 1. The molecule has 74 valence electrons. The molecule has 1 aromatic carbocycles. The van der Waals surface area contributed by atoms with E-state index in [1.165, 1.54) is 7.11 Å². The monoisotopic (exact) mass is 193 g/mol. The maximum Gasteiger partial charge on any atom is 0.316 e. The Labute approximate surface area is 81.6 Å². The van der Waals surface area contributed by atoms with E-state index in [1.807, 2.05) is 0 Å². The second kappa shape index (κ2) is 3.21. The third-order valence-electron chi connectivity index (χ3n) is 2.30. The molecule has 0 radical (unpaired) electrons. The van der Waals surface area contributed by atoms with Crippen LogP contribution in [-0.2, 0) is 9.53 Å². The molecule has 0 spiro atoms. The molecule has 1 atom stereocenters. The molecule has 1 unspecified atom stereocenters. The number of methoxy groups -OCH3 is 1.